The minimum Gasteiger partial charge on any atom is -0.267 e. The van der Waals surface area contributed by atoms with Gasteiger partial charge in [0.15, 0.2) is 0 Å². The third-order valence-corrected chi connectivity index (χ3v) is 4.77. The summed E-state index contributed by atoms with van der Waals surface area (Å²) in [5.41, 5.74) is 7.81. The van der Waals surface area contributed by atoms with Crippen molar-refractivity contribution in [3.05, 3.63) is 69.2 Å². The van der Waals surface area contributed by atoms with Crippen molar-refractivity contribution in [2.75, 3.05) is 0 Å². The highest BCUT2D eigenvalue weighted by Crippen LogP contribution is 2.21. The summed E-state index contributed by atoms with van der Waals surface area (Å²) < 4.78 is 0.927. The fourth-order valence-electron chi connectivity index (χ4n) is 2.63. The molecule has 1 N–H and O–H groups in total. The van der Waals surface area contributed by atoms with Crippen molar-refractivity contribution in [1.82, 2.24) is 5.43 Å². The molecule has 2 aromatic carbocycles. The molecule has 0 radical (unpaired) electrons. The van der Waals surface area contributed by atoms with Gasteiger partial charge < -0.3 is 0 Å². The SMILES string of the molecule is Cc1ccc(C(=O)N/N=C2\CCCc3ccccc32)cc1Br. The number of carbonyl (C=O) groups is 1. The highest BCUT2D eigenvalue weighted by molar-refractivity contribution is 9.10. The van der Waals surface area contributed by atoms with Gasteiger partial charge in [-0.05, 0) is 49.4 Å². The lowest BCUT2D eigenvalue weighted by Crippen LogP contribution is -2.22. The number of nitrogens with one attached hydrogen (secondary N) is 1. The normalized spacial score (nSPS) is 15.5. The predicted octanol–water partition coefficient (Wildman–Crippen LogP) is 4.23. The van der Waals surface area contributed by atoms with Crippen LogP contribution in [-0.2, 0) is 6.42 Å². The first-order valence-corrected chi connectivity index (χ1v) is 8.16. The Morgan fingerprint density at radius 1 is 1.18 bits per heavy atom. The van der Waals surface area contributed by atoms with E-state index in [2.05, 4.69) is 38.6 Å². The number of hydrogen-bond donors (Lipinski definition) is 1. The van der Waals surface area contributed by atoms with Crippen LogP contribution < -0.4 is 5.43 Å². The van der Waals surface area contributed by atoms with Gasteiger partial charge in [-0.2, -0.15) is 5.10 Å². The zero-order valence-corrected chi connectivity index (χ0v) is 14.0. The summed E-state index contributed by atoms with van der Waals surface area (Å²) in [6.45, 7) is 1.99. The fourth-order valence-corrected chi connectivity index (χ4v) is 3.01. The number of hydrogen-bond acceptors (Lipinski definition) is 2. The molecule has 0 aliphatic heterocycles. The number of benzene rings is 2. The Labute approximate surface area is 138 Å². The van der Waals surface area contributed by atoms with Crippen LogP contribution in [0, 0.1) is 6.92 Å². The molecule has 22 heavy (non-hydrogen) atoms. The monoisotopic (exact) mass is 356 g/mol. The quantitative estimate of drug-likeness (QED) is 0.803. The third kappa shape index (κ3) is 3.12. The van der Waals surface area contributed by atoms with Crippen molar-refractivity contribution in [3.63, 3.8) is 0 Å². The second-order valence-electron chi connectivity index (χ2n) is 5.47. The zero-order valence-electron chi connectivity index (χ0n) is 12.4. The van der Waals surface area contributed by atoms with Crippen LogP contribution in [0.1, 0.15) is 39.9 Å². The topological polar surface area (TPSA) is 41.5 Å². The van der Waals surface area contributed by atoms with Gasteiger partial charge in [0, 0.05) is 15.6 Å². The summed E-state index contributed by atoms with van der Waals surface area (Å²) in [6, 6.07) is 13.8. The molecule has 0 spiro atoms. The first kappa shape index (κ1) is 15.0. The van der Waals surface area contributed by atoms with Crippen LogP contribution in [0.15, 0.2) is 52.0 Å². The molecule has 0 unspecified atom stereocenters. The van der Waals surface area contributed by atoms with Crippen LogP contribution in [0.25, 0.3) is 0 Å². The van der Waals surface area contributed by atoms with Crippen LogP contribution in [0.4, 0.5) is 0 Å². The van der Waals surface area contributed by atoms with E-state index in [1.807, 2.05) is 37.3 Å². The molecule has 0 saturated carbocycles. The van der Waals surface area contributed by atoms with E-state index >= 15 is 0 Å². The van der Waals surface area contributed by atoms with Crippen molar-refractivity contribution in [2.24, 2.45) is 5.10 Å². The maximum Gasteiger partial charge on any atom is 0.271 e. The average molecular weight is 357 g/mol. The molecule has 0 saturated heterocycles. The van der Waals surface area contributed by atoms with Crippen molar-refractivity contribution >= 4 is 27.5 Å². The number of rotatable bonds is 2. The summed E-state index contributed by atoms with van der Waals surface area (Å²) in [7, 11) is 0. The van der Waals surface area contributed by atoms with E-state index in [1.165, 1.54) is 5.56 Å². The lowest BCUT2D eigenvalue weighted by atomic mass is 9.90. The number of carbonyl (C=O) groups excluding carboxylic acids is 1. The molecule has 0 heterocycles. The zero-order chi connectivity index (χ0) is 15.5. The molecule has 4 heteroatoms. The number of halogens is 1. The van der Waals surface area contributed by atoms with Crippen LogP contribution in [-0.4, -0.2) is 11.6 Å². The summed E-state index contributed by atoms with van der Waals surface area (Å²) in [4.78, 5) is 12.2. The van der Waals surface area contributed by atoms with Gasteiger partial charge >= 0.3 is 0 Å². The molecule has 1 aliphatic carbocycles. The van der Waals surface area contributed by atoms with E-state index in [4.69, 9.17) is 0 Å². The maximum absolute atomic E-state index is 12.2. The predicted molar refractivity (Wildman–Crippen MR) is 92.3 cm³/mol. The van der Waals surface area contributed by atoms with Gasteiger partial charge in [-0.3, -0.25) is 4.79 Å². The average Bonchev–Trinajstić information content (AvgIpc) is 2.55. The first-order valence-electron chi connectivity index (χ1n) is 7.36. The molecular weight excluding hydrogens is 340 g/mol. The number of hydrazone groups is 1. The van der Waals surface area contributed by atoms with E-state index < -0.39 is 0 Å². The number of amides is 1. The molecule has 0 aromatic heterocycles. The molecule has 2 aromatic rings. The maximum atomic E-state index is 12.2. The molecule has 0 bridgehead atoms. The molecule has 1 amide bonds. The van der Waals surface area contributed by atoms with Gasteiger partial charge in [0.2, 0.25) is 0 Å². The fraction of sp³-hybridized carbons (Fsp3) is 0.222. The molecule has 0 atom stereocenters. The van der Waals surface area contributed by atoms with Gasteiger partial charge in [-0.15, -0.1) is 0 Å². The van der Waals surface area contributed by atoms with Gasteiger partial charge in [0.1, 0.15) is 0 Å². The standard InChI is InChI=1S/C18H17BrN2O/c1-12-9-10-14(11-16(12)19)18(22)21-20-17-8-4-6-13-5-2-3-7-15(13)17/h2-3,5,7,9-11H,4,6,8H2,1H3,(H,21,22)/b20-17+. The van der Waals surface area contributed by atoms with Crippen LogP contribution in [0.3, 0.4) is 0 Å². The molecule has 3 rings (SSSR count). The summed E-state index contributed by atoms with van der Waals surface area (Å²) in [5.74, 6) is -0.184. The van der Waals surface area contributed by atoms with Gasteiger partial charge in [0.05, 0.1) is 5.71 Å². The Hall–Kier alpha value is -1.94. The van der Waals surface area contributed by atoms with Crippen molar-refractivity contribution in [2.45, 2.75) is 26.2 Å². The van der Waals surface area contributed by atoms with Crippen molar-refractivity contribution in [3.8, 4) is 0 Å². The molecule has 3 nitrogen and oxygen atoms in total. The highest BCUT2D eigenvalue weighted by Gasteiger charge is 2.15. The number of aryl methyl sites for hydroxylation is 2. The Morgan fingerprint density at radius 2 is 2.00 bits per heavy atom. The summed E-state index contributed by atoms with van der Waals surface area (Å²) in [5, 5.41) is 4.35. The molecule has 112 valence electrons. The second kappa shape index (κ2) is 6.44. The Morgan fingerprint density at radius 3 is 2.82 bits per heavy atom. The van der Waals surface area contributed by atoms with Gasteiger partial charge in [-0.25, -0.2) is 5.43 Å². The smallest absolute Gasteiger partial charge is 0.267 e. The van der Waals surface area contributed by atoms with Crippen LogP contribution >= 0.6 is 15.9 Å². The minimum atomic E-state index is -0.184. The van der Waals surface area contributed by atoms with Crippen molar-refractivity contribution in [1.29, 1.82) is 0 Å². The Bertz CT molecular complexity index is 753. The number of fused-ring (bicyclic) bond motifs is 1. The highest BCUT2D eigenvalue weighted by atomic mass is 79.9. The molecular formula is C18H17BrN2O. The van der Waals surface area contributed by atoms with E-state index in [9.17, 15) is 4.79 Å². The Balaban J connectivity index is 1.79. The molecule has 1 aliphatic rings. The van der Waals surface area contributed by atoms with Gasteiger partial charge in [0.25, 0.3) is 5.91 Å². The summed E-state index contributed by atoms with van der Waals surface area (Å²) in [6.07, 6.45) is 3.05. The van der Waals surface area contributed by atoms with E-state index in [-0.39, 0.29) is 5.91 Å². The van der Waals surface area contributed by atoms with Crippen LogP contribution in [0.2, 0.25) is 0 Å². The van der Waals surface area contributed by atoms with E-state index in [1.54, 1.807) is 0 Å². The Kier molecular flexibility index (Phi) is 4.39. The largest absolute Gasteiger partial charge is 0.271 e. The first-order chi connectivity index (χ1) is 10.6. The van der Waals surface area contributed by atoms with Crippen LogP contribution in [0.5, 0.6) is 0 Å². The van der Waals surface area contributed by atoms with Gasteiger partial charge in [-0.1, -0.05) is 46.3 Å². The van der Waals surface area contributed by atoms with Crippen molar-refractivity contribution < 1.29 is 4.79 Å². The number of nitrogens with zero attached hydrogens (tertiary/aromatic N) is 1. The molecule has 0 fully saturated rings. The van der Waals surface area contributed by atoms with E-state index in [0.29, 0.717) is 5.56 Å². The lowest BCUT2D eigenvalue weighted by molar-refractivity contribution is 0.0954. The summed E-state index contributed by atoms with van der Waals surface area (Å²) >= 11 is 3.45. The minimum absolute atomic E-state index is 0.184. The van der Waals surface area contributed by atoms with E-state index in [0.717, 1.165) is 40.6 Å². The lowest BCUT2D eigenvalue weighted by Gasteiger charge is -2.17. The second-order valence-corrected chi connectivity index (χ2v) is 6.33. The third-order valence-electron chi connectivity index (χ3n) is 3.91.